The second-order valence-electron chi connectivity index (χ2n) is 3.43. The molecule has 0 aliphatic rings. The van der Waals surface area contributed by atoms with Crippen molar-refractivity contribution in [1.82, 2.24) is 4.98 Å². The largest absolute Gasteiger partial charge is 0.321 e. The van der Waals surface area contributed by atoms with Crippen LogP contribution in [0.5, 0.6) is 0 Å². The minimum Gasteiger partial charge on any atom is -0.321 e. The molecule has 0 fully saturated rings. The lowest BCUT2D eigenvalue weighted by atomic mass is 10.3. The standard InChI is InChI=1S/C12H7BrClIN2O/c13-8-6-7(4-5-9(8)15)16-12(18)10-2-1-3-11(14)17-10/h1-6H,(H,16,18). The van der Waals surface area contributed by atoms with Crippen molar-refractivity contribution in [2.75, 3.05) is 5.32 Å². The van der Waals surface area contributed by atoms with Crippen molar-refractivity contribution in [2.24, 2.45) is 0 Å². The van der Waals surface area contributed by atoms with Crippen molar-refractivity contribution in [2.45, 2.75) is 0 Å². The van der Waals surface area contributed by atoms with Gasteiger partial charge in [0, 0.05) is 13.7 Å². The van der Waals surface area contributed by atoms with E-state index in [1.54, 1.807) is 18.2 Å². The number of pyridine rings is 1. The van der Waals surface area contributed by atoms with E-state index < -0.39 is 0 Å². The molecule has 1 aromatic heterocycles. The molecule has 1 aromatic carbocycles. The highest BCUT2D eigenvalue weighted by Gasteiger charge is 2.08. The van der Waals surface area contributed by atoms with Crippen LogP contribution in [0.2, 0.25) is 5.15 Å². The number of benzene rings is 1. The SMILES string of the molecule is O=C(Nc1ccc(I)c(Br)c1)c1cccc(Cl)n1. The maximum absolute atomic E-state index is 11.9. The van der Waals surface area contributed by atoms with Gasteiger partial charge in [-0.25, -0.2) is 4.98 Å². The molecule has 2 aromatic rings. The van der Waals surface area contributed by atoms with Gasteiger partial charge in [-0.15, -0.1) is 0 Å². The van der Waals surface area contributed by atoms with Crippen LogP contribution in [0.1, 0.15) is 10.5 Å². The summed E-state index contributed by atoms with van der Waals surface area (Å²) in [5, 5.41) is 3.06. The van der Waals surface area contributed by atoms with Crippen molar-refractivity contribution >= 4 is 61.7 Å². The molecule has 0 spiro atoms. The smallest absolute Gasteiger partial charge is 0.274 e. The second kappa shape index (κ2) is 5.99. The molecule has 0 saturated heterocycles. The molecule has 2 rings (SSSR count). The van der Waals surface area contributed by atoms with Crippen molar-refractivity contribution in [1.29, 1.82) is 0 Å². The number of anilines is 1. The highest BCUT2D eigenvalue weighted by molar-refractivity contribution is 14.1. The zero-order chi connectivity index (χ0) is 13.1. The Bertz CT molecular complexity index is 606. The summed E-state index contributed by atoms with van der Waals surface area (Å²) in [6, 6.07) is 10.5. The van der Waals surface area contributed by atoms with E-state index >= 15 is 0 Å². The zero-order valence-electron chi connectivity index (χ0n) is 8.95. The molecule has 0 saturated carbocycles. The monoisotopic (exact) mass is 436 g/mol. The molecule has 1 heterocycles. The van der Waals surface area contributed by atoms with Crippen LogP contribution < -0.4 is 5.32 Å². The quantitative estimate of drug-likeness (QED) is 0.561. The first-order chi connectivity index (χ1) is 8.56. The van der Waals surface area contributed by atoms with Gasteiger partial charge < -0.3 is 5.32 Å². The van der Waals surface area contributed by atoms with E-state index in [0.717, 1.165) is 8.04 Å². The van der Waals surface area contributed by atoms with Gasteiger partial charge in [0.1, 0.15) is 10.8 Å². The summed E-state index contributed by atoms with van der Waals surface area (Å²) in [7, 11) is 0. The zero-order valence-corrected chi connectivity index (χ0v) is 13.5. The highest BCUT2D eigenvalue weighted by atomic mass is 127. The van der Waals surface area contributed by atoms with Crippen LogP contribution in [0.15, 0.2) is 40.9 Å². The van der Waals surface area contributed by atoms with Gasteiger partial charge in [-0.2, -0.15) is 0 Å². The van der Waals surface area contributed by atoms with E-state index in [4.69, 9.17) is 11.6 Å². The Balaban J connectivity index is 2.18. The van der Waals surface area contributed by atoms with Crippen LogP contribution in [0.4, 0.5) is 5.69 Å². The van der Waals surface area contributed by atoms with Gasteiger partial charge in [0.15, 0.2) is 0 Å². The minimum atomic E-state index is -0.286. The molecule has 1 amide bonds. The third-order valence-corrected chi connectivity index (χ3v) is 4.67. The predicted molar refractivity (Wildman–Crippen MR) is 84.1 cm³/mol. The fourth-order valence-electron chi connectivity index (χ4n) is 1.30. The Morgan fingerprint density at radius 1 is 1.33 bits per heavy atom. The average molecular weight is 437 g/mol. The van der Waals surface area contributed by atoms with Gasteiger partial charge in [0.25, 0.3) is 5.91 Å². The number of nitrogens with zero attached hydrogens (tertiary/aromatic N) is 1. The van der Waals surface area contributed by atoms with Gasteiger partial charge in [0.2, 0.25) is 0 Å². The minimum absolute atomic E-state index is 0.286. The maximum Gasteiger partial charge on any atom is 0.274 e. The molecule has 0 atom stereocenters. The lowest BCUT2D eigenvalue weighted by Gasteiger charge is -2.06. The van der Waals surface area contributed by atoms with Crippen LogP contribution in [0.3, 0.4) is 0 Å². The topological polar surface area (TPSA) is 42.0 Å². The van der Waals surface area contributed by atoms with Gasteiger partial charge in [-0.05, 0) is 68.9 Å². The number of hydrogen-bond acceptors (Lipinski definition) is 2. The van der Waals surface area contributed by atoms with E-state index in [-0.39, 0.29) is 11.6 Å². The van der Waals surface area contributed by atoms with Crippen LogP contribution in [-0.2, 0) is 0 Å². The summed E-state index contributed by atoms with van der Waals surface area (Å²) >= 11 is 11.3. The number of carbonyl (C=O) groups excluding carboxylic acids is 1. The number of rotatable bonds is 2. The molecule has 1 N–H and O–H groups in total. The van der Waals surface area contributed by atoms with Crippen LogP contribution in [-0.4, -0.2) is 10.9 Å². The van der Waals surface area contributed by atoms with Gasteiger partial charge in [-0.3, -0.25) is 4.79 Å². The lowest BCUT2D eigenvalue weighted by Crippen LogP contribution is -2.13. The predicted octanol–water partition coefficient (Wildman–Crippen LogP) is 4.35. The molecule has 18 heavy (non-hydrogen) atoms. The number of aromatic nitrogens is 1. The summed E-state index contributed by atoms with van der Waals surface area (Å²) in [6.07, 6.45) is 0. The van der Waals surface area contributed by atoms with E-state index in [2.05, 4.69) is 48.8 Å². The van der Waals surface area contributed by atoms with E-state index in [1.807, 2.05) is 18.2 Å². The van der Waals surface area contributed by atoms with Crippen molar-refractivity contribution in [3.63, 3.8) is 0 Å². The van der Waals surface area contributed by atoms with E-state index in [0.29, 0.717) is 10.8 Å². The lowest BCUT2D eigenvalue weighted by molar-refractivity contribution is 0.102. The van der Waals surface area contributed by atoms with Crippen LogP contribution in [0.25, 0.3) is 0 Å². The number of halogens is 3. The molecular weight excluding hydrogens is 430 g/mol. The van der Waals surface area contributed by atoms with E-state index in [9.17, 15) is 4.79 Å². The molecule has 6 heteroatoms. The summed E-state index contributed by atoms with van der Waals surface area (Å²) in [6.45, 7) is 0. The molecule has 0 unspecified atom stereocenters. The fraction of sp³-hybridized carbons (Fsp3) is 0. The van der Waals surface area contributed by atoms with Crippen molar-refractivity contribution in [3.05, 3.63) is 55.3 Å². The molecule has 0 aliphatic heterocycles. The van der Waals surface area contributed by atoms with Crippen molar-refractivity contribution < 1.29 is 4.79 Å². The molecule has 92 valence electrons. The highest BCUT2D eigenvalue weighted by Crippen LogP contribution is 2.23. The van der Waals surface area contributed by atoms with Gasteiger partial charge >= 0.3 is 0 Å². The Morgan fingerprint density at radius 2 is 2.11 bits per heavy atom. The summed E-state index contributed by atoms with van der Waals surface area (Å²) in [5.41, 5.74) is 0.992. The maximum atomic E-state index is 11.9. The molecule has 0 radical (unpaired) electrons. The third-order valence-electron chi connectivity index (χ3n) is 2.13. The Kier molecular flexibility index (Phi) is 4.58. The fourth-order valence-corrected chi connectivity index (χ4v) is 2.18. The first kappa shape index (κ1) is 13.8. The van der Waals surface area contributed by atoms with Crippen LogP contribution in [0, 0.1) is 3.57 Å². The molecule has 0 aliphatic carbocycles. The third kappa shape index (κ3) is 3.43. The number of amides is 1. The molecule has 0 bridgehead atoms. The normalized spacial score (nSPS) is 10.2. The Labute approximate surface area is 131 Å². The molecular formula is C12H7BrClIN2O. The summed E-state index contributed by atoms with van der Waals surface area (Å²) in [5.74, 6) is -0.286. The Morgan fingerprint density at radius 3 is 2.78 bits per heavy atom. The summed E-state index contributed by atoms with van der Waals surface area (Å²) < 4.78 is 2.01. The van der Waals surface area contributed by atoms with Gasteiger partial charge in [0.05, 0.1) is 0 Å². The second-order valence-corrected chi connectivity index (χ2v) is 5.83. The number of carbonyl (C=O) groups is 1. The van der Waals surface area contributed by atoms with Crippen molar-refractivity contribution in [3.8, 4) is 0 Å². The van der Waals surface area contributed by atoms with E-state index in [1.165, 1.54) is 0 Å². The van der Waals surface area contributed by atoms with Crippen LogP contribution >= 0.6 is 50.1 Å². The first-order valence-corrected chi connectivity index (χ1v) is 7.20. The van der Waals surface area contributed by atoms with Gasteiger partial charge in [-0.1, -0.05) is 17.7 Å². The Hall–Kier alpha value is -0.660. The number of hydrogen-bond donors (Lipinski definition) is 1. The number of nitrogens with one attached hydrogen (secondary N) is 1. The molecule has 3 nitrogen and oxygen atoms in total. The summed E-state index contributed by atoms with van der Waals surface area (Å²) in [4.78, 5) is 15.9. The first-order valence-electron chi connectivity index (χ1n) is 4.95. The average Bonchev–Trinajstić information content (AvgIpc) is 2.34.